The van der Waals surface area contributed by atoms with Crippen molar-refractivity contribution >= 4 is 15.8 Å². The van der Waals surface area contributed by atoms with Crippen molar-refractivity contribution in [3.8, 4) is 0 Å². The van der Waals surface area contributed by atoms with Crippen LogP contribution in [0.25, 0.3) is 0 Å². The van der Waals surface area contributed by atoms with Crippen LogP contribution in [0.1, 0.15) is 28.9 Å². The van der Waals surface area contributed by atoms with Crippen molar-refractivity contribution < 1.29 is 17.9 Å². The van der Waals surface area contributed by atoms with E-state index in [9.17, 15) is 13.2 Å². The number of hydrogen-bond acceptors (Lipinski definition) is 6. The third-order valence-corrected chi connectivity index (χ3v) is 5.09. The molecule has 0 unspecified atom stereocenters. The number of pyridine rings is 1. The average molecular weight is 298 g/mol. The van der Waals surface area contributed by atoms with E-state index in [0.29, 0.717) is 24.9 Å². The summed E-state index contributed by atoms with van der Waals surface area (Å²) in [4.78, 5) is 15.4. The summed E-state index contributed by atoms with van der Waals surface area (Å²) in [6, 6.07) is 3.64. The lowest BCUT2D eigenvalue weighted by Crippen LogP contribution is -2.37. The number of carbonyl (C=O) groups excluding carboxylic acids is 1. The number of rotatable bonds is 4. The van der Waals surface area contributed by atoms with Crippen LogP contribution in [-0.4, -0.2) is 44.0 Å². The summed E-state index contributed by atoms with van der Waals surface area (Å²) >= 11 is 0. The summed E-state index contributed by atoms with van der Waals surface area (Å²) in [7, 11) is -1.50. The van der Waals surface area contributed by atoms with Crippen LogP contribution in [0.2, 0.25) is 0 Å². The molecule has 1 aliphatic rings. The van der Waals surface area contributed by atoms with Gasteiger partial charge in [-0.1, -0.05) is 0 Å². The molecule has 1 saturated heterocycles. The van der Waals surface area contributed by atoms with E-state index < -0.39 is 15.8 Å². The Kier molecular flexibility index (Phi) is 4.72. The van der Waals surface area contributed by atoms with Crippen molar-refractivity contribution in [1.29, 1.82) is 0 Å². The summed E-state index contributed by atoms with van der Waals surface area (Å²) < 4.78 is 27.2. The standard InChI is InChI=1S/C13H18N2O4S/c1-19-13(16)10-2-3-12(14-8-10)9-15-11-4-6-20(17,18)7-5-11/h2-3,8,11,15H,4-7,9H2,1H3. The van der Waals surface area contributed by atoms with E-state index in [-0.39, 0.29) is 17.5 Å². The van der Waals surface area contributed by atoms with E-state index >= 15 is 0 Å². The molecule has 2 heterocycles. The molecule has 0 bridgehead atoms. The van der Waals surface area contributed by atoms with Crippen molar-refractivity contribution in [2.45, 2.75) is 25.4 Å². The molecule has 2 rings (SSSR count). The van der Waals surface area contributed by atoms with Crippen LogP contribution >= 0.6 is 0 Å². The second-order valence-corrected chi connectivity index (χ2v) is 7.14. The Hall–Kier alpha value is -1.47. The maximum absolute atomic E-state index is 11.3. The number of hydrogen-bond donors (Lipinski definition) is 1. The van der Waals surface area contributed by atoms with Crippen molar-refractivity contribution in [1.82, 2.24) is 10.3 Å². The highest BCUT2D eigenvalue weighted by atomic mass is 32.2. The molecule has 0 amide bonds. The zero-order chi connectivity index (χ0) is 14.6. The highest BCUT2D eigenvalue weighted by Gasteiger charge is 2.23. The van der Waals surface area contributed by atoms with Crippen LogP contribution in [0.4, 0.5) is 0 Å². The quantitative estimate of drug-likeness (QED) is 0.816. The highest BCUT2D eigenvalue weighted by molar-refractivity contribution is 7.91. The largest absolute Gasteiger partial charge is 0.465 e. The van der Waals surface area contributed by atoms with Crippen LogP contribution in [0.15, 0.2) is 18.3 Å². The predicted molar refractivity (Wildman–Crippen MR) is 74.1 cm³/mol. The first-order valence-corrected chi connectivity index (χ1v) is 8.29. The van der Waals surface area contributed by atoms with E-state index in [1.807, 2.05) is 0 Å². The third kappa shape index (κ3) is 4.01. The first kappa shape index (κ1) is 14.9. The monoisotopic (exact) mass is 298 g/mol. The molecule has 0 radical (unpaired) electrons. The van der Waals surface area contributed by atoms with E-state index in [4.69, 9.17) is 0 Å². The van der Waals surface area contributed by atoms with Crippen LogP contribution < -0.4 is 5.32 Å². The van der Waals surface area contributed by atoms with E-state index in [1.54, 1.807) is 12.1 Å². The normalized spacial score (nSPS) is 18.6. The van der Waals surface area contributed by atoms with Gasteiger partial charge in [0.15, 0.2) is 0 Å². The number of aromatic nitrogens is 1. The molecule has 7 heteroatoms. The lowest BCUT2D eigenvalue weighted by Gasteiger charge is -2.22. The molecule has 0 spiro atoms. The summed E-state index contributed by atoms with van der Waals surface area (Å²) in [6.45, 7) is 0.562. The van der Waals surface area contributed by atoms with Crippen LogP contribution in [0, 0.1) is 0 Å². The maximum atomic E-state index is 11.3. The number of nitrogens with one attached hydrogen (secondary N) is 1. The minimum Gasteiger partial charge on any atom is -0.465 e. The predicted octanol–water partition coefficient (Wildman–Crippen LogP) is 0.535. The Bertz CT molecular complexity index is 555. The molecule has 20 heavy (non-hydrogen) atoms. The van der Waals surface area contributed by atoms with Gasteiger partial charge in [-0.15, -0.1) is 0 Å². The minimum absolute atomic E-state index is 0.209. The minimum atomic E-state index is -2.82. The SMILES string of the molecule is COC(=O)c1ccc(CNC2CCS(=O)(=O)CC2)nc1. The second kappa shape index (κ2) is 6.32. The molecule has 0 saturated carbocycles. The Balaban J connectivity index is 1.84. The molecule has 0 aliphatic carbocycles. The van der Waals surface area contributed by atoms with E-state index in [0.717, 1.165) is 5.69 Å². The first-order valence-electron chi connectivity index (χ1n) is 6.47. The van der Waals surface area contributed by atoms with Crippen molar-refractivity contribution in [2.24, 2.45) is 0 Å². The molecule has 110 valence electrons. The smallest absolute Gasteiger partial charge is 0.339 e. The number of methoxy groups -OCH3 is 1. The average Bonchev–Trinajstić information content (AvgIpc) is 2.46. The summed E-state index contributed by atoms with van der Waals surface area (Å²) in [6.07, 6.45) is 2.76. The van der Waals surface area contributed by atoms with Gasteiger partial charge in [0, 0.05) is 18.8 Å². The van der Waals surface area contributed by atoms with Crippen LogP contribution in [-0.2, 0) is 21.1 Å². The van der Waals surface area contributed by atoms with E-state index in [2.05, 4.69) is 15.0 Å². The van der Waals surface area contributed by atoms with E-state index in [1.165, 1.54) is 13.3 Å². The lowest BCUT2D eigenvalue weighted by atomic mass is 10.1. The highest BCUT2D eigenvalue weighted by Crippen LogP contribution is 2.12. The number of carbonyl (C=O) groups is 1. The maximum Gasteiger partial charge on any atom is 0.339 e. The van der Waals surface area contributed by atoms with Gasteiger partial charge < -0.3 is 10.1 Å². The van der Waals surface area contributed by atoms with Gasteiger partial charge >= 0.3 is 5.97 Å². The molecule has 6 nitrogen and oxygen atoms in total. The van der Waals surface area contributed by atoms with Crippen molar-refractivity contribution in [3.63, 3.8) is 0 Å². The number of sulfone groups is 1. The Morgan fingerprint density at radius 2 is 2.10 bits per heavy atom. The fourth-order valence-electron chi connectivity index (χ4n) is 2.11. The van der Waals surface area contributed by atoms with Crippen LogP contribution in [0.3, 0.4) is 0 Å². The molecule has 0 aromatic carbocycles. The fraction of sp³-hybridized carbons (Fsp3) is 0.538. The molecule has 1 N–H and O–H groups in total. The van der Waals surface area contributed by atoms with Gasteiger partial charge in [-0.2, -0.15) is 0 Å². The van der Waals surface area contributed by atoms with Gasteiger partial charge in [0.25, 0.3) is 0 Å². The zero-order valence-electron chi connectivity index (χ0n) is 11.3. The Labute approximate surface area is 118 Å². The summed E-state index contributed by atoms with van der Waals surface area (Å²) in [5, 5.41) is 3.30. The number of nitrogens with zero attached hydrogens (tertiary/aromatic N) is 1. The van der Waals surface area contributed by atoms with Gasteiger partial charge in [-0.05, 0) is 25.0 Å². The Morgan fingerprint density at radius 3 is 2.65 bits per heavy atom. The van der Waals surface area contributed by atoms with Gasteiger partial charge in [0.2, 0.25) is 0 Å². The van der Waals surface area contributed by atoms with Gasteiger partial charge in [0.1, 0.15) is 9.84 Å². The molecule has 1 aliphatic heterocycles. The van der Waals surface area contributed by atoms with Gasteiger partial charge in [-0.25, -0.2) is 13.2 Å². The number of esters is 1. The van der Waals surface area contributed by atoms with Crippen LogP contribution in [0.5, 0.6) is 0 Å². The zero-order valence-corrected chi connectivity index (χ0v) is 12.1. The first-order chi connectivity index (χ1) is 9.50. The molecular weight excluding hydrogens is 280 g/mol. The summed E-state index contributed by atoms with van der Waals surface area (Å²) in [5.74, 6) is 0.0909. The summed E-state index contributed by atoms with van der Waals surface area (Å²) in [5.41, 5.74) is 1.23. The molecular formula is C13H18N2O4S. The number of ether oxygens (including phenoxy) is 1. The second-order valence-electron chi connectivity index (χ2n) is 4.84. The molecule has 1 fully saturated rings. The van der Waals surface area contributed by atoms with Gasteiger partial charge in [0.05, 0.1) is 29.9 Å². The Morgan fingerprint density at radius 1 is 1.40 bits per heavy atom. The molecule has 1 aromatic heterocycles. The lowest BCUT2D eigenvalue weighted by molar-refractivity contribution is 0.0600. The topological polar surface area (TPSA) is 85.4 Å². The molecule has 1 aromatic rings. The van der Waals surface area contributed by atoms with Crippen molar-refractivity contribution in [2.75, 3.05) is 18.6 Å². The van der Waals surface area contributed by atoms with Crippen molar-refractivity contribution in [3.05, 3.63) is 29.6 Å². The third-order valence-electron chi connectivity index (χ3n) is 3.37. The fourth-order valence-corrected chi connectivity index (χ4v) is 3.60. The molecule has 0 atom stereocenters. The van der Waals surface area contributed by atoms with Gasteiger partial charge in [-0.3, -0.25) is 4.98 Å².